The third-order valence-electron chi connectivity index (χ3n) is 4.79. The Kier molecular flexibility index (Phi) is 4.03. The molecule has 0 aliphatic carbocycles. The average molecular weight is 316 g/mol. The average Bonchev–Trinajstić information content (AvgIpc) is 2.52. The molecule has 0 saturated carbocycles. The van der Waals surface area contributed by atoms with Crippen LogP contribution >= 0.6 is 0 Å². The summed E-state index contributed by atoms with van der Waals surface area (Å²) in [6, 6.07) is 22.4. The third kappa shape index (κ3) is 3.11. The smallest absolute Gasteiger partial charge is 0.0102 e. The lowest BCUT2D eigenvalue weighted by atomic mass is 9.81. The van der Waals surface area contributed by atoms with E-state index < -0.39 is 0 Å². The Morgan fingerprint density at radius 1 is 0.542 bits per heavy atom. The van der Waals surface area contributed by atoms with E-state index in [0.29, 0.717) is 0 Å². The molecule has 0 aliphatic heterocycles. The summed E-state index contributed by atoms with van der Waals surface area (Å²) >= 11 is 0. The summed E-state index contributed by atoms with van der Waals surface area (Å²) in [6.45, 7) is 13.6. The molecule has 0 unspecified atom stereocenters. The first-order chi connectivity index (χ1) is 11.2. The van der Waals surface area contributed by atoms with E-state index in [2.05, 4.69) is 102 Å². The van der Waals surface area contributed by atoms with Gasteiger partial charge < -0.3 is 0 Å². The molecule has 0 amide bonds. The summed E-state index contributed by atoms with van der Waals surface area (Å²) in [5.74, 6) is 0. The van der Waals surface area contributed by atoms with Crippen molar-refractivity contribution in [2.45, 2.75) is 52.4 Å². The third-order valence-corrected chi connectivity index (χ3v) is 4.79. The summed E-state index contributed by atoms with van der Waals surface area (Å²) < 4.78 is 0. The lowest BCUT2D eigenvalue weighted by Crippen LogP contribution is -2.12. The van der Waals surface area contributed by atoms with Crippen molar-refractivity contribution in [2.24, 2.45) is 0 Å². The first-order valence-electron chi connectivity index (χ1n) is 8.81. The van der Waals surface area contributed by atoms with Crippen molar-refractivity contribution in [3.05, 3.63) is 71.8 Å². The predicted molar refractivity (Wildman–Crippen MR) is 107 cm³/mol. The predicted octanol–water partition coefficient (Wildman–Crippen LogP) is 7.10. The molecule has 0 nitrogen and oxygen atoms in total. The molecule has 3 rings (SSSR count). The lowest BCUT2D eigenvalue weighted by molar-refractivity contribution is 0.590. The van der Waals surface area contributed by atoms with Gasteiger partial charge in [-0.2, -0.15) is 0 Å². The maximum atomic E-state index is 2.30. The molecule has 0 spiro atoms. The highest BCUT2D eigenvalue weighted by Crippen LogP contribution is 2.36. The molecule has 0 bridgehead atoms. The van der Waals surface area contributed by atoms with Crippen molar-refractivity contribution in [3.63, 3.8) is 0 Å². The molecule has 0 N–H and O–H groups in total. The van der Waals surface area contributed by atoms with Crippen LogP contribution in [0, 0.1) is 0 Å². The molecule has 124 valence electrons. The van der Waals surface area contributed by atoms with E-state index in [4.69, 9.17) is 0 Å². The Balaban J connectivity index is 2.18. The van der Waals surface area contributed by atoms with Crippen LogP contribution in [0.3, 0.4) is 0 Å². The Morgan fingerprint density at radius 3 is 1.67 bits per heavy atom. The first-order valence-corrected chi connectivity index (χ1v) is 8.81. The van der Waals surface area contributed by atoms with Crippen LogP contribution in [-0.4, -0.2) is 0 Å². The molecule has 0 heteroatoms. The molecule has 0 saturated heterocycles. The Morgan fingerprint density at radius 2 is 1.12 bits per heavy atom. The molecule has 0 heterocycles. The fraction of sp³-hybridized carbons (Fsp3) is 0.333. The minimum Gasteiger partial charge on any atom is -0.0616 e. The van der Waals surface area contributed by atoms with E-state index >= 15 is 0 Å². The minimum absolute atomic E-state index is 0.147. The van der Waals surface area contributed by atoms with Gasteiger partial charge in [0.05, 0.1) is 0 Å². The SMILES string of the molecule is CC(C)(C)c1ccc(-c2ccc(C(C)(C)C)c3ccccc23)cc1. The number of fused-ring (bicyclic) bond motifs is 1. The van der Waals surface area contributed by atoms with Crippen LogP contribution < -0.4 is 0 Å². The van der Waals surface area contributed by atoms with Crippen molar-refractivity contribution in [1.29, 1.82) is 0 Å². The fourth-order valence-electron chi connectivity index (χ4n) is 3.35. The summed E-state index contributed by atoms with van der Waals surface area (Å²) in [4.78, 5) is 0. The van der Waals surface area contributed by atoms with E-state index in [1.807, 2.05) is 0 Å². The van der Waals surface area contributed by atoms with Crippen LogP contribution in [0.5, 0.6) is 0 Å². The van der Waals surface area contributed by atoms with E-state index in [-0.39, 0.29) is 10.8 Å². The fourth-order valence-corrected chi connectivity index (χ4v) is 3.35. The summed E-state index contributed by atoms with van der Waals surface area (Å²) in [5.41, 5.74) is 5.74. The topological polar surface area (TPSA) is 0 Å². The molecule has 3 aromatic carbocycles. The number of hydrogen-bond donors (Lipinski definition) is 0. The highest BCUT2D eigenvalue weighted by atomic mass is 14.2. The molecule has 3 aromatic rings. The quantitative estimate of drug-likeness (QED) is 0.449. The zero-order valence-electron chi connectivity index (χ0n) is 15.8. The van der Waals surface area contributed by atoms with Crippen molar-refractivity contribution in [1.82, 2.24) is 0 Å². The van der Waals surface area contributed by atoms with Gasteiger partial charge in [0.1, 0.15) is 0 Å². The van der Waals surface area contributed by atoms with Crippen LogP contribution in [0.2, 0.25) is 0 Å². The van der Waals surface area contributed by atoms with Gasteiger partial charge in [-0.05, 0) is 43.9 Å². The van der Waals surface area contributed by atoms with Gasteiger partial charge in [-0.15, -0.1) is 0 Å². The van der Waals surface area contributed by atoms with E-state index in [9.17, 15) is 0 Å². The largest absolute Gasteiger partial charge is 0.0616 e. The Bertz CT molecular complexity index is 853. The van der Waals surface area contributed by atoms with Gasteiger partial charge in [0.2, 0.25) is 0 Å². The standard InChI is InChI=1S/C24H28/c1-23(2,3)18-13-11-17(12-14-18)19-15-16-22(24(4,5)6)21-10-8-7-9-20(19)21/h7-16H,1-6H3. The molecule has 0 aromatic heterocycles. The Labute approximate surface area is 146 Å². The normalized spacial score (nSPS) is 12.6. The molecule has 24 heavy (non-hydrogen) atoms. The van der Waals surface area contributed by atoms with Gasteiger partial charge >= 0.3 is 0 Å². The first kappa shape index (κ1) is 16.8. The van der Waals surface area contributed by atoms with Gasteiger partial charge in [0.25, 0.3) is 0 Å². The summed E-state index contributed by atoms with van der Waals surface area (Å²) in [6.07, 6.45) is 0. The maximum Gasteiger partial charge on any atom is -0.0102 e. The van der Waals surface area contributed by atoms with Crippen molar-refractivity contribution in [2.75, 3.05) is 0 Å². The maximum absolute atomic E-state index is 2.30. The highest BCUT2D eigenvalue weighted by Gasteiger charge is 2.18. The second-order valence-electron chi connectivity index (χ2n) is 8.78. The van der Waals surface area contributed by atoms with Crippen molar-refractivity contribution >= 4 is 10.8 Å². The number of rotatable bonds is 1. The van der Waals surface area contributed by atoms with Gasteiger partial charge in [0.15, 0.2) is 0 Å². The van der Waals surface area contributed by atoms with Crippen LogP contribution in [0.25, 0.3) is 21.9 Å². The van der Waals surface area contributed by atoms with Crippen molar-refractivity contribution < 1.29 is 0 Å². The van der Waals surface area contributed by atoms with E-state index in [1.54, 1.807) is 0 Å². The van der Waals surface area contributed by atoms with Gasteiger partial charge in [-0.25, -0.2) is 0 Å². The summed E-state index contributed by atoms with van der Waals surface area (Å²) in [7, 11) is 0. The Hall–Kier alpha value is -2.08. The molecular formula is C24H28. The monoisotopic (exact) mass is 316 g/mol. The minimum atomic E-state index is 0.147. The number of hydrogen-bond acceptors (Lipinski definition) is 0. The molecule has 0 radical (unpaired) electrons. The molecule has 0 fully saturated rings. The zero-order valence-corrected chi connectivity index (χ0v) is 15.8. The summed E-state index contributed by atoms with van der Waals surface area (Å²) in [5, 5.41) is 2.70. The zero-order chi connectivity index (χ0) is 17.5. The lowest BCUT2D eigenvalue weighted by Gasteiger charge is -2.23. The molecule has 0 atom stereocenters. The van der Waals surface area contributed by atoms with Gasteiger partial charge in [0, 0.05) is 0 Å². The van der Waals surface area contributed by atoms with Crippen molar-refractivity contribution in [3.8, 4) is 11.1 Å². The van der Waals surface area contributed by atoms with E-state index in [1.165, 1.54) is 33.0 Å². The second-order valence-corrected chi connectivity index (χ2v) is 8.78. The van der Waals surface area contributed by atoms with Crippen LogP contribution in [-0.2, 0) is 10.8 Å². The van der Waals surface area contributed by atoms with Crippen LogP contribution in [0.15, 0.2) is 60.7 Å². The van der Waals surface area contributed by atoms with Gasteiger partial charge in [-0.3, -0.25) is 0 Å². The molecular weight excluding hydrogens is 288 g/mol. The number of benzene rings is 3. The molecule has 0 aliphatic rings. The van der Waals surface area contributed by atoms with E-state index in [0.717, 1.165) is 0 Å². The van der Waals surface area contributed by atoms with Crippen LogP contribution in [0.4, 0.5) is 0 Å². The highest BCUT2D eigenvalue weighted by molar-refractivity contribution is 5.99. The van der Waals surface area contributed by atoms with Crippen LogP contribution in [0.1, 0.15) is 52.7 Å². The van der Waals surface area contributed by atoms with Gasteiger partial charge in [-0.1, -0.05) is 102 Å². The second kappa shape index (κ2) is 5.77.